The Morgan fingerprint density at radius 2 is 1.94 bits per heavy atom. The highest BCUT2D eigenvalue weighted by Crippen LogP contribution is 2.38. The normalized spacial score (nSPS) is 17.9. The zero-order chi connectivity index (χ0) is 24.0. The number of carbonyl (C=O) groups is 2. The molecule has 1 atom stereocenters. The van der Waals surface area contributed by atoms with E-state index in [-0.39, 0.29) is 17.9 Å². The van der Waals surface area contributed by atoms with Gasteiger partial charge in [0.25, 0.3) is 0 Å². The van der Waals surface area contributed by atoms with E-state index in [0.29, 0.717) is 23.6 Å². The van der Waals surface area contributed by atoms with Gasteiger partial charge in [-0.15, -0.1) is 0 Å². The van der Waals surface area contributed by atoms with Gasteiger partial charge in [-0.2, -0.15) is 0 Å². The van der Waals surface area contributed by atoms with Crippen LogP contribution in [0.3, 0.4) is 0 Å². The Hall–Kier alpha value is -3.10. The molecule has 1 aliphatic carbocycles. The molecule has 1 saturated carbocycles. The molecular weight excluding hydrogens is 496 g/mol. The number of nitrogens with zero attached hydrogens (tertiary/aromatic N) is 3. The standard InChI is InChI=1S/C26H25BrN4O3/c1-26(2,34)22-8-5-16(14-29-22)17-10-18(27)13-20(11-17)31-23-15(4-3-9-28-23)12-21(25(31)33)24(32)30-19-6-7-19/h3-5,8-11,13-14,19,21,34H,6-7,12H2,1-2H3,(H,30,32). The van der Waals surface area contributed by atoms with E-state index in [0.717, 1.165) is 34.0 Å². The van der Waals surface area contributed by atoms with Gasteiger partial charge in [0.15, 0.2) is 0 Å². The summed E-state index contributed by atoms with van der Waals surface area (Å²) in [7, 11) is 0. The van der Waals surface area contributed by atoms with E-state index in [2.05, 4.69) is 31.2 Å². The summed E-state index contributed by atoms with van der Waals surface area (Å²) in [5.41, 5.74) is 2.69. The van der Waals surface area contributed by atoms with Crippen molar-refractivity contribution in [1.82, 2.24) is 15.3 Å². The molecule has 8 heteroatoms. The summed E-state index contributed by atoms with van der Waals surface area (Å²) in [6.07, 6.45) is 5.62. The third-order valence-corrected chi connectivity index (χ3v) is 6.58. The molecule has 7 nitrogen and oxygen atoms in total. The highest BCUT2D eigenvalue weighted by molar-refractivity contribution is 9.10. The molecule has 174 valence electrons. The fraction of sp³-hybridized carbons (Fsp3) is 0.308. The first-order chi connectivity index (χ1) is 16.2. The minimum absolute atomic E-state index is 0.181. The van der Waals surface area contributed by atoms with Gasteiger partial charge in [-0.3, -0.25) is 19.5 Å². The van der Waals surface area contributed by atoms with Gasteiger partial charge >= 0.3 is 0 Å². The predicted molar refractivity (Wildman–Crippen MR) is 132 cm³/mol. The van der Waals surface area contributed by atoms with Crippen molar-refractivity contribution in [1.29, 1.82) is 0 Å². The largest absolute Gasteiger partial charge is 0.384 e. The third kappa shape index (κ3) is 4.48. The Morgan fingerprint density at radius 1 is 1.15 bits per heavy atom. The maximum Gasteiger partial charge on any atom is 0.245 e. The van der Waals surface area contributed by atoms with Crippen molar-refractivity contribution in [3.05, 3.63) is 70.6 Å². The molecule has 2 aliphatic rings. The summed E-state index contributed by atoms with van der Waals surface area (Å²) in [5, 5.41) is 13.2. The molecule has 0 saturated heterocycles. The van der Waals surface area contributed by atoms with Crippen LogP contribution in [0.1, 0.15) is 37.9 Å². The Balaban J connectivity index is 1.54. The van der Waals surface area contributed by atoms with Gasteiger partial charge in [0.05, 0.1) is 11.4 Å². The van der Waals surface area contributed by atoms with E-state index in [9.17, 15) is 14.7 Å². The SMILES string of the molecule is CC(C)(O)c1ccc(-c2cc(Br)cc(N3C(=O)C(C(=O)NC4CC4)Cc4cccnc43)c2)cn1. The maximum atomic E-state index is 13.6. The first kappa shape index (κ1) is 22.7. The average molecular weight is 521 g/mol. The summed E-state index contributed by atoms with van der Waals surface area (Å²) >= 11 is 3.57. The number of fused-ring (bicyclic) bond motifs is 1. The van der Waals surface area contributed by atoms with Gasteiger partial charge < -0.3 is 10.4 Å². The number of halogens is 1. The average Bonchev–Trinajstić information content (AvgIpc) is 3.61. The van der Waals surface area contributed by atoms with Gasteiger partial charge in [0.1, 0.15) is 17.3 Å². The molecule has 3 heterocycles. The fourth-order valence-corrected chi connectivity index (χ4v) is 4.62. The third-order valence-electron chi connectivity index (χ3n) is 6.13. The van der Waals surface area contributed by atoms with Crippen LogP contribution in [0.5, 0.6) is 0 Å². The summed E-state index contributed by atoms with van der Waals surface area (Å²) in [6.45, 7) is 3.38. The molecule has 5 rings (SSSR count). The van der Waals surface area contributed by atoms with Crippen molar-refractivity contribution in [2.24, 2.45) is 5.92 Å². The summed E-state index contributed by atoms with van der Waals surface area (Å²) in [5.74, 6) is -0.771. The molecular formula is C26H25BrN4O3. The van der Waals surface area contributed by atoms with Gasteiger partial charge in [0.2, 0.25) is 11.8 Å². The Bertz CT molecular complexity index is 1270. The lowest BCUT2D eigenvalue weighted by molar-refractivity contribution is -0.133. The molecule has 1 aromatic carbocycles. The van der Waals surface area contributed by atoms with Crippen LogP contribution in [-0.2, 0) is 21.6 Å². The zero-order valence-electron chi connectivity index (χ0n) is 19.0. The number of benzene rings is 1. The van der Waals surface area contributed by atoms with Crippen molar-refractivity contribution in [3.63, 3.8) is 0 Å². The first-order valence-electron chi connectivity index (χ1n) is 11.3. The van der Waals surface area contributed by atoms with Crippen LogP contribution in [0, 0.1) is 5.92 Å². The van der Waals surface area contributed by atoms with E-state index < -0.39 is 11.5 Å². The minimum Gasteiger partial charge on any atom is -0.384 e. The number of pyridine rings is 2. The lowest BCUT2D eigenvalue weighted by atomic mass is 9.92. The highest BCUT2D eigenvalue weighted by Gasteiger charge is 2.40. The molecule has 2 N–H and O–H groups in total. The zero-order valence-corrected chi connectivity index (χ0v) is 20.5. The van der Waals surface area contributed by atoms with Gasteiger partial charge in [-0.25, -0.2) is 4.98 Å². The molecule has 2 amide bonds. The quantitative estimate of drug-likeness (QED) is 0.490. The van der Waals surface area contributed by atoms with Crippen LogP contribution in [0.2, 0.25) is 0 Å². The molecule has 1 unspecified atom stereocenters. The lowest BCUT2D eigenvalue weighted by Gasteiger charge is -2.33. The number of aromatic nitrogens is 2. The van der Waals surface area contributed by atoms with Crippen molar-refractivity contribution < 1.29 is 14.7 Å². The van der Waals surface area contributed by atoms with Crippen molar-refractivity contribution in [2.75, 3.05) is 4.90 Å². The summed E-state index contributed by atoms with van der Waals surface area (Å²) < 4.78 is 0.779. The van der Waals surface area contributed by atoms with Crippen LogP contribution in [0.4, 0.5) is 11.5 Å². The molecule has 2 aromatic heterocycles. The van der Waals surface area contributed by atoms with E-state index in [1.54, 1.807) is 37.2 Å². The molecule has 0 radical (unpaired) electrons. The first-order valence-corrected chi connectivity index (χ1v) is 12.1. The van der Waals surface area contributed by atoms with E-state index in [1.807, 2.05) is 36.4 Å². The van der Waals surface area contributed by atoms with Crippen LogP contribution in [0.25, 0.3) is 11.1 Å². The van der Waals surface area contributed by atoms with Gasteiger partial charge in [-0.05, 0) is 74.6 Å². The highest BCUT2D eigenvalue weighted by atomic mass is 79.9. The fourth-order valence-electron chi connectivity index (χ4n) is 4.14. The van der Waals surface area contributed by atoms with Crippen LogP contribution in [-0.4, -0.2) is 32.9 Å². The lowest BCUT2D eigenvalue weighted by Crippen LogP contribution is -2.47. The second kappa shape index (κ2) is 8.60. The van der Waals surface area contributed by atoms with Crippen molar-refractivity contribution in [2.45, 2.75) is 44.8 Å². The van der Waals surface area contributed by atoms with E-state index in [1.165, 1.54) is 0 Å². The van der Waals surface area contributed by atoms with E-state index >= 15 is 0 Å². The monoisotopic (exact) mass is 520 g/mol. The number of amides is 2. The van der Waals surface area contributed by atoms with Gasteiger partial charge in [-0.1, -0.05) is 28.1 Å². The number of hydrogen-bond acceptors (Lipinski definition) is 5. The van der Waals surface area contributed by atoms with Crippen LogP contribution in [0.15, 0.2) is 59.3 Å². The van der Waals surface area contributed by atoms with E-state index in [4.69, 9.17) is 0 Å². The van der Waals surface area contributed by atoms with Gasteiger partial charge in [0, 0.05) is 28.5 Å². The van der Waals surface area contributed by atoms with Crippen molar-refractivity contribution in [3.8, 4) is 11.1 Å². The second-order valence-electron chi connectivity index (χ2n) is 9.39. The molecule has 0 spiro atoms. The number of nitrogens with one attached hydrogen (secondary N) is 1. The van der Waals surface area contributed by atoms with Crippen LogP contribution < -0.4 is 10.2 Å². The predicted octanol–water partition coefficient (Wildman–Crippen LogP) is 4.25. The smallest absolute Gasteiger partial charge is 0.245 e. The number of aliphatic hydroxyl groups is 1. The Kier molecular flexibility index (Phi) is 5.73. The topological polar surface area (TPSA) is 95.4 Å². The molecule has 0 bridgehead atoms. The molecule has 3 aromatic rings. The number of rotatable bonds is 5. The number of anilines is 2. The molecule has 1 fully saturated rings. The maximum absolute atomic E-state index is 13.6. The Morgan fingerprint density at radius 3 is 2.62 bits per heavy atom. The minimum atomic E-state index is -1.04. The summed E-state index contributed by atoms with van der Waals surface area (Å²) in [6, 6.07) is 13.3. The summed E-state index contributed by atoms with van der Waals surface area (Å²) in [4.78, 5) is 36.9. The molecule has 1 aliphatic heterocycles. The number of carbonyl (C=O) groups excluding carboxylic acids is 2. The number of hydrogen-bond donors (Lipinski definition) is 2. The van der Waals surface area contributed by atoms with Crippen molar-refractivity contribution >= 4 is 39.2 Å². The Labute approximate surface area is 206 Å². The van der Waals surface area contributed by atoms with Crippen LogP contribution >= 0.6 is 15.9 Å². The second-order valence-corrected chi connectivity index (χ2v) is 10.3. The molecule has 34 heavy (non-hydrogen) atoms.